The second-order valence-electron chi connectivity index (χ2n) is 13.6. The Morgan fingerprint density at radius 2 is 1.46 bits per heavy atom. The zero-order valence-corrected chi connectivity index (χ0v) is 32.8. The number of phenols is 1. The van der Waals surface area contributed by atoms with Crippen molar-refractivity contribution < 1.29 is 57.7 Å². The summed E-state index contributed by atoms with van der Waals surface area (Å²) in [6, 6.07) is 20.4. The number of carboxylic acid groups (broad SMARTS) is 1. The molecule has 16 nitrogen and oxygen atoms in total. The van der Waals surface area contributed by atoms with Gasteiger partial charge in [-0.05, 0) is 60.9 Å². The number of nitrogens with one attached hydrogen (secondary N) is 3. The minimum absolute atomic E-state index is 0.0198. The zero-order valence-electron chi connectivity index (χ0n) is 32.8. The van der Waals surface area contributed by atoms with Crippen LogP contribution in [0.4, 0.5) is 0 Å². The van der Waals surface area contributed by atoms with Crippen molar-refractivity contribution in [3.63, 3.8) is 0 Å². The fourth-order valence-electron chi connectivity index (χ4n) is 5.85. The molecular weight excluding hydrogens is 766 g/mol. The number of aromatic hydroxyl groups is 1. The summed E-state index contributed by atoms with van der Waals surface area (Å²) in [7, 11) is 1.12. The number of ether oxygens (including phenoxy) is 2. The number of carbonyl (C=O) groups excluding carboxylic acids is 6. The molecule has 1 aliphatic carbocycles. The third-order valence-corrected chi connectivity index (χ3v) is 8.82. The monoisotopic (exact) mass is 809 g/mol. The van der Waals surface area contributed by atoms with Crippen molar-refractivity contribution in [1.82, 2.24) is 16.0 Å². The Bertz CT molecular complexity index is 2390. The van der Waals surface area contributed by atoms with Crippen molar-refractivity contribution in [1.29, 1.82) is 0 Å². The summed E-state index contributed by atoms with van der Waals surface area (Å²) in [6.45, 7) is 5.42. The molecule has 3 atom stereocenters. The van der Waals surface area contributed by atoms with E-state index in [1.807, 2.05) is 0 Å². The summed E-state index contributed by atoms with van der Waals surface area (Å²) in [5.74, 6) is -4.92. The highest BCUT2D eigenvalue weighted by Gasteiger charge is 2.30. The summed E-state index contributed by atoms with van der Waals surface area (Å²) >= 11 is 0. The smallest absolute Gasteiger partial charge is 0.338 e. The number of ketones is 1. The third kappa shape index (κ3) is 11.8. The van der Waals surface area contributed by atoms with Crippen LogP contribution in [0.3, 0.4) is 0 Å². The first kappa shape index (κ1) is 44.4. The van der Waals surface area contributed by atoms with E-state index >= 15 is 0 Å². The van der Waals surface area contributed by atoms with Crippen LogP contribution in [0.2, 0.25) is 0 Å². The van der Waals surface area contributed by atoms with E-state index in [4.69, 9.17) is 9.15 Å². The first-order valence-electron chi connectivity index (χ1n) is 18.2. The number of benzene rings is 4. The highest BCUT2D eigenvalue weighted by atomic mass is 16.5. The standard InChI is InChI=1S/C23H31N3O8.C20H12O5/c1-13(2)20(25-15(4)27)22(31)24-14(3)21(30)26-17(11-19(29)33-5)18(28)12-34-23(32)16-9-7-6-8-10-16;21-11-5-7-15-17(9-11)25-18-10-12(22)6-8-16(18)19(15)13-3-1-2-4-14(13)20(23)24/h6-10,13-14,17,20H,11-12H2,1-5H3,(H,24,31)(H,25,27)(H,26,30);1-10,21H,(H,23,24). The van der Waals surface area contributed by atoms with Crippen LogP contribution in [0.1, 0.15) is 54.8 Å². The van der Waals surface area contributed by atoms with E-state index in [0.29, 0.717) is 33.4 Å². The second kappa shape index (κ2) is 20.2. The predicted octanol–water partition coefficient (Wildman–Crippen LogP) is 4.09. The van der Waals surface area contributed by atoms with Gasteiger partial charge in [-0.3, -0.25) is 28.8 Å². The van der Waals surface area contributed by atoms with Crippen LogP contribution in [0.25, 0.3) is 33.4 Å². The highest BCUT2D eigenvalue weighted by Crippen LogP contribution is 2.41. The minimum atomic E-state index is -1.35. The predicted molar refractivity (Wildman–Crippen MR) is 214 cm³/mol. The minimum Gasteiger partial charge on any atom is -0.508 e. The van der Waals surface area contributed by atoms with E-state index in [1.165, 1.54) is 56.3 Å². The number of aromatic carboxylic acids is 1. The average molecular weight is 810 g/mol. The lowest BCUT2D eigenvalue weighted by Gasteiger charge is -2.24. The Morgan fingerprint density at radius 3 is 2.10 bits per heavy atom. The van der Waals surface area contributed by atoms with Crippen LogP contribution in [0, 0.1) is 5.92 Å². The van der Waals surface area contributed by atoms with Gasteiger partial charge in [-0.1, -0.05) is 50.2 Å². The van der Waals surface area contributed by atoms with E-state index < -0.39 is 72.6 Å². The number of Topliss-reactive ketones (excluding diaryl/α,β-unsaturated/α-hetero) is 1. The van der Waals surface area contributed by atoms with Gasteiger partial charge >= 0.3 is 17.9 Å². The lowest BCUT2D eigenvalue weighted by Crippen LogP contribution is -2.56. The molecular formula is C43H43N3O13. The fraction of sp³-hybridized carbons (Fsp3) is 0.256. The maximum Gasteiger partial charge on any atom is 0.338 e. The number of carbonyl (C=O) groups is 7. The van der Waals surface area contributed by atoms with Crippen molar-refractivity contribution in [3.8, 4) is 28.2 Å². The van der Waals surface area contributed by atoms with Crippen LogP contribution < -0.4 is 21.4 Å². The molecule has 2 aliphatic rings. The SMILES string of the molecule is COC(=O)CC(NC(=O)C(C)NC(=O)C(NC(C)=O)C(C)C)C(=O)COC(=O)c1ccccc1.O=C(O)c1ccccc1-c1c2ccc(=O)cc-2oc2cc(O)ccc12. The highest BCUT2D eigenvalue weighted by molar-refractivity contribution is 6.07. The summed E-state index contributed by atoms with van der Waals surface area (Å²) < 4.78 is 15.3. The molecule has 0 saturated carbocycles. The summed E-state index contributed by atoms with van der Waals surface area (Å²) in [4.78, 5) is 96.2. The molecule has 308 valence electrons. The number of carboxylic acids is 1. The summed E-state index contributed by atoms with van der Waals surface area (Å²) in [5, 5.41) is 27.3. The van der Waals surface area contributed by atoms with E-state index in [-0.39, 0.29) is 28.2 Å². The molecule has 0 spiro atoms. The second-order valence-corrected chi connectivity index (χ2v) is 13.6. The quantitative estimate of drug-likeness (QED) is 0.0785. The first-order chi connectivity index (χ1) is 28.0. The van der Waals surface area contributed by atoms with Crippen LogP contribution in [0.15, 0.2) is 100 Å². The summed E-state index contributed by atoms with van der Waals surface area (Å²) in [6.07, 6.45) is -0.495. The number of esters is 2. The van der Waals surface area contributed by atoms with E-state index in [0.717, 1.165) is 7.11 Å². The molecule has 0 bridgehead atoms. The van der Waals surface area contributed by atoms with Gasteiger partial charge in [0.15, 0.2) is 17.8 Å². The molecule has 5 N–H and O–H groups in total. The molecule has 1 aliphatic heterocycles. The van der Waals surface area contributed by atoms with E-state index in [9.17, 15) is 48.6 Å². The molecule has 3 aromatic rings. The molecule has 16 heteroatoms. The van der Waals surface area contributed by atoms with Gasteiger partial charge in [0.2, 0.25) is 17.7 Å². The van der Waals surface area contributed by atoms with Gasteiger partial charge < -0.3 is 40.1 Å². The van der Waals surface area contributed by atoms with Gasteiger partial charge in [0.25, 0.3) is 0 Å². The van der Waals surface area contributed by atoms with Crippen LogP contribution in [0.5, 0.6) is 5.75 Å². The van der Waals surface area contributed by atoms with E-state index in [1.54, 1.807) is 62.4 Å². The number of hydrogen-bond acceptors (Lipinski definition) is 12. The Labute approximate surface area is 337 Å². The fourth-order valence-corrected chi connectivity index (χ4v) is 5.85. The number of rotatable bonds is 14. The number of hydrogen-bond donors (Lipinski definition) is 5. The largest absolute Gasteiger partial charge is 0.508 e. The third-order valence-electron chi connectivity index (χ3n) is 8.82. The van der Waals surface area contributed by atoms with Crippen LogP contribution in [-0.2, 0) is 33.4 Å². The molecule has 5 rings (SSSR count). The Balaban J connectivity index is 0.000000271. The molecule has 0 saturated heterocycles. The van der Waals surface area contributed by atoms with Crippen LogP contribution in [-0.4, -0.2) is 83.5 Å². The molecule has 59 heavy (non-hydrogen) atoms. The van der Waals surface area contributed by atoms with Crippen molar-refractivity contribution in [3.05, 3.63) is 112 Å². The normalized spacial score (nSPS) is 12.2. The molecule has 0 fully saturated rings. The van der Waals surface area contributed by atoms with Crippen LogP contribution >= 0.6 is 0 Å². The topological polar surface area (TPSA) is 245 Å². The number of amides is 3. The molecule has 1 heterocycles. The summed E-state index contributed by atoms with van der Waals surface area (Å²) in [5.41, 5.74) is 2.34. The van der Waals surface area contributed by atoms with Gasteiger partial charge in [-0.2, -0.15) is 0 Å². The molecule has 3 aromatic carbocycles. The van der Waals surface area contributed by atoms with Crippen molar-refractivity contribution >= 4 is 52.4 Å². The van der Waals surface area contributed by atoms with Gasteiger partial charge in [0.1, 0.15) is 35.2 Å². The van der Waals surface area contributed by atoms with Gasteiger partial charge in [-0.15, -0.1) is 0 Å². The zero-order chi connectivity index (χ0) is 43.4. The maximum absolute atomic E-state index is 12.6. The Kier molecular flexibility index (Phi) is 15.2. The van der Waals surface area contributed by atoms with Gasteiger partial charge in [0, 0.05) is 35.6 Å². The molecule has 0 radical (unpaired) electrons. The van der Waals surface area contributed by atoms with Gasteiger partial charge in [0.05, 0.1) is 24.7 Å². The lowest BCUT2D eigenvalue weighted by molar-refractivity contribution is -0.144. The molecule has 3 amide bonds. The average Bonchev–Trinajstić information content (AvgIpc) is 3.20. The number of fused-ring (bicyclic) bond motifs is 2. The lowest BCUT2D eigenvalue weighted by atomic mass is 9.91. The first-order valence-corrected chi connectivity index (χ1v) is 18.2. The number of methoxy groups -OCH3 is 1. The Morgan fingerprint density at radius 1 is 0.780 bits per heavy atom. The maximum atomic E-state index is 12.6. The molecule has 0 aromatic heterocycles. The van der Waals surface area contributed by atoms with Crippen molar-refractivity contribution in [2.45, 2.75) is 52.2 Å². The van der Waals surface area contributed by atoms with E-state index in [2.05, 4.69) is 20.7 Å². The van der Waals surface area contributed by atoms with Gasteiger partial charge in [-0.25, -0.2) is 9.59 Å². The van der Waals surface area contributed by atoms with Crippen molar-refractivity contribution in [2.24, 2.45) is 5.92 Å². The Hall–Kier alpha value is -7.36. The number of phenolic OH excluding ortho intramolecular Hbond substituents is 1. The molecule has 3 unspecified atom stereocenters. The van der Waals surface area contributed by atoms with Crippen molar-refractivity contribution in [2.75, 3.05) is 13.7 Å².